The van der Waals surface area contributed by atoms with Crippen LogP contribution in [-0.4, -0.2) is 30.2 Å². The molecular weight excluding hydrogens is 382 g/mol. The highest BCUT2D eigenvalue weighted by atomic mass is 15.4. The van der Waals surface area contributed by atoms with E-state index in [0.29, 0.717) is 22.6 Å². The third-order valence-electron chi connectivity index (χ3n) is 8.70. The number of allylic oxidation sites excluding steroid dienone is 2. The quantitative estimate of drug-likeness (QED) is 0.607. The van der Waals surface area contributed by atoms with Crippen LogP contribution in [0.4, 0.5) is 17.3 Å². The lowest BCUT2D eigenvalue weighted by Crippen LogP contribution is -2.49. The van der Waals surface area contributed by atoms with E-state index < -0.39 is 0 Å². The van der Waals surface area contributed by atoms with Gasteiger partial charge in [-0.05, 0) is 68.1 Å². The summed E-state index contributed by atoms with van der Waals surface area (Å²) in [6, 6.07) is 0. The van der Waals surface area contributed by atoms with Crippen molar-refractivity contribution in [2.45, 2.75) is 72.6 Å². The van der Waals surface area contributed by atoms with E-state index >= 15 is 0 Å². The van der Waals surface area contributed by atoms with Crippen molar-refractivity contribution in [3.63, 3.8) is 0 Å². The molecule has 0 bridgehead atoms. The normalized spacial score (nSPS) is 30.4. The molecule has 31 heavy (non-hydrogen) atoms. The molecule has 5 nitrogen and oxygen atoms in total. The summed E-state index contributed by atoms with van der Waals surface area (Å²) in [5, 5.41) is 0. The lowest BCUT2D eigenvalue weighted by atomic mass is 9.47. The SMILES string of the molecule is C=C1CC[C@H]2C(C)(C)CCC[C@@]2(C)[C@H]1CC/C(C)=C\CN1CN(C)c2ncnc(N)c21. The molecule has 2 N–H and O–H groups in total. The van der Waals surface area contributed by atoms with Crippen LogP contribution in [-0.2, 0) is 0 Å². The molecule has 1 aliphatic heterocycles. The van der Waals surface area contributed by atoms with Gasteiger partial charge in [-0.3, -0.25) is 0 Å². The molecule has 4 rings (SSSR count). The van der Waals surface area contributed by atoms with Gasteiger partial charge in [0.15, 0.2) is 11.6 Å². The first kappa shape index (κ1) is 22.2. The molecule has 5 heteroatoms. The zero-order valence-corrected chi connectivity index (χ0v) is 20.2. The molecule has 2 saturated carbocycles. The highest BCUT2D eigenvalue weighted by molar-refractivity contribution is 5.81. The van der Waals surface area contributed by atoms with Crippen molar-refractivity contribution in [1.82, 2.24) is 9.97 Å². The summed E-state index contributed by atoms with van der Waals surface area (Å²) < 4.78 is 0. The van der Waals surface area contributed by atoms with Gasteiger partial charge in [0.2, 0.25) is 0 Å². The molecule has 0 radical (unpaired) electrons. The van der Waals surface area contributed by atoms with Crippen molar-refractivity contribution in [3.8, 4) is 0 Å². The molecule has 3 atom stereocenters. The molecule has 1 aromatic heterocycles. The minimum absolute atomic E-state index is 0.416. The molecule has 0 amide bonds. The van der Waals surface area contributed by atoms with Gasteiger partial charge in [-0.2, -0.15) is 0 Å². The van der Waals surface area contributed by atoms with Gasteiger partial charge in [-0.1, -0.05) is 51.0 Å². The van der Waals surface area contributed by atoms with Gasteiger partial charge in [-0.25, -0.2) is 9.97 Å². The smallest absolute Gasteiger partial charge is 0.159 e. The maximum absolute atomic E-state index is 6.15. The van der Waals surface area contributed by atoms with Crippen LogP contribution >= 0.6 is 0 Å². The van der Waals surface area contributed by atoms with E-state index in [-0.39, 0.29) is 0 Å². The van der Waals surface area contributed by atoms with E-state index in [1.54, 1.807) is 6.33 Å². The van der Waals surface area contributed by atoms with Crippen LogP contribution < -0.4 is 15.5 Å². The summed E-state index contributed by atoms with van der Waals surface area (Å²) in [7, 11) is 2.05. The number of nitrogens with two attached hydrogens (primary N) is 1. The van der Waals surface area contributed by atoms with Crippen molar-refractivity contribution in [2.75, 3.05) is 35.8 Å². The summed E-state index contributed by atoms with van der Waals surface area (Å²) in [6.07, 6.45) is 12.9. The fourth-order valence-electron chi connectivity index (χ4n) is 7.06. The van der Waals surface area contributed by atoms with Gasteiger partial charge in [0, 0.05) is 13.6 Å². The number of rotatable bonds is 5. The van der Waals surface area contributed by atoms with Crippen molar-refractivity contribution in [3.05, 3.63) is 30.1 Å². The molecule has 0 aromatic carbocycles. The van der Waals surface area contributed by atoms with Crippen molar-refractivity contribution >= 4 is 17.3 Å². The maximum Gasteiger partial charge on any atom is 0.159 e. The van der Waals surface area contributed by atoms with Crippen LogP contribution in [0.2, 0.25) is 0 Å². The number of anilines is 3. The van der Waals surface area contributed by atoms with Crippen LogP contribution in [0.15, 0.2) is 30.1 Å². The minimum Gasteiger partial charge on any atom is -0.382 e. The molecule has 2 aliphatic carbocycles. The Hall–Kier alpha value is -2.04. The van der Waals surface area contributed by atoms with Gasteiger partial charge in [0.25, 0.3) is 0 Å². The Morgan fingerprint density at radius 3 is 2.84 bits per heavy atom. The van der Waals surface area contributed by atoms with Crippen LogP contribution in [0.5, 0.6) is 0 Å². The number of hydrogen-bond acceptors (Lipinski definition) is 5. The number of hydrogen-bond donors (Lipinski definition) is 1. The number of nitrogen functional groups attached to an aromatic ring is 1. The van der Waals surface area contributed by atoms with E-state index in [1.165, 1.54) is 49.7 Å². The van der Waals surface area contributed by atoms with Gasteiger partial charge in [0.1, 0.15) is 12.0 Å². The van der Waals surface area contributed by atoms with Crippen LogP contribution in [0.25, 0.3) is 0 Å². The first-order valence-corrected chi connectivity index (χ1v) is 12.0. The molecule has 2 heterocycles. The molecule has 0 spiro atoms. The average Bonchev–Trinajstić information content (AvgIpc) is 3.02. The van der Waals surface area contributed by atoms with E-state index in [9.17, 15) is 0 Å². The monoisotopic (exact) mass is 423 g/mol. The maximum atomic E-state index is 6.15. The fraction of sp³-hybridized carbons (Fsp3) is 0.692. The molecule has 1 aromatic rings. The third kappa shape index (κ3) is 3.96. The standard InChI is InChI=1S/C26H41N5/c1-18(12-15-31-17-30(6)24-22(31)23(27)28-16-29-24)8-10-20-19(2)9-11-21-25(3,4)13-7-14-26(20,21)5/h12,16,20-21H,2,7-11,13-15,17H2,1,3-6H3,(H2,27,28,29)/b18-12-/t20-,21-,26-/m0/s1. The molecule has 0 unspecified atom stereocenters. The van der Waals surface area contributed by atoms with Crippen LogP contribution in [0.3, 0.4) is 0 Å². The summed E-state index contributed by atoms with van der Waals surface area (Å²) in [6.45, 7) is 16.1. The third-order valence-corrected chi connectivity index (χ3v) is 8.70. The molecule has 170 valence electrons. The van der Waals surface area contributed by atoms with Crippen molar-refractivity contribution < 1.29 is 0 Å². The van der Waals surface area contributed by atoms with Crippen molar-refractivity contribution in [2.24, 2.45) is 22.7 Å². The highest BCUT2D eigenvalue weighted by Gasteiger charge is 2.52. The Bertz CT molecular complexity index is 873. The summed E-state index contributed by atoms with van der Waals surface area (Å²) in [5.41, 5.74) is 11.0. The zero-order valence-electron chi connectivity index (χ0n) is 20.2. The average molecular weight is 424 g/mol. The second-order valence-electron chi connectivity index (χ2n) is 11.2. The van der Waals surface area contributed by atoms with E-state index in [4.69, 9.17) is 5.73 Å². The summed E-state index contributed by atoms with van der Waals surface area (Å²) in [5.74, 6) is 2.97. The fourth-order valence-corrected chi connectivity index (χ4v) is 7.06. The summed E-state index contributed by atoms with van der Waals surface area (Å²) >= 11 is 0. The Morgan fingerprint density at radius 1 is 1.29 bits per heavy atom. The first-order chi connectivity index (χ1) is 14.6. The zero-order chi connectivity index (χ0) is 22.4. The largest absolute Gasteiger partial charge is 0.382 e. The predicted molar refractivity (Wildman–Crippen MR) is 131 cm³/mol. The van der Waals surface area contributed by atoms with Gasteiger partial charge < -0.3 is 15.5 Å². The Kier molecular flexibility index (Phi) is 5.82. The predicted octanol–water partition coefficient (Wildman–Crippen LogP) is 5.80. The molecule has 3 aliphatic rings. The second kappa shape index (κ2) is 8.14. The van der Waals surface area contributed by atoms with Gasteiger partial charge in [0.05, 0.1) is 6.67 Å². The lowest BCUT2D eigenvalue weighted by molar-refractivity contribution is -0.0539. The van der Waals surface area contributed by atoms with Gasteiger partial charge in [-0.15, -0.1) is 0 Å². The van der Waals surface area contributed by atoms with Gasteiger partial charge >= 0.3 is 0 Å². The minimum atomic E-state index is 0.416. The van der Waals surface area contributed by atoms with E-state index in [0.717, 1.165) is 37.1 Å². The highest BCUT2D eigenvalue weighted by Crippen LogP contribution is 2.61. The number of aromatic nitrogens is 2. The number of fused-ring (bicyclic) bond motifs is 2. The van der Waals surface area contributed by atoms with Crippen LogP contribution in [0.1, 0.15) is 72.6 Å². The van der Waals surface area contributed by atoms with E-state index in [2.05, 4.69) is 67.2 Å². The van der Waals surface area contributed by atoms with Crippen molar-refractivity contribution in [1.29, 1.82) is 0 Å². The Morgan fingerprint density at radius 2 is 2.06 bits per heavy atom. The lowest BCUT2D eigenvalue weighted by Gasteiger charge is -2.58. The molecular formula is C26H41N5. The Labute approximate surface area is 188 Å². The first-order valence-electron chi connectivity index (χ1n) is 12.0. The second-order valence-corrected chi connectivity index (χ2v) is 11.2. The molecule has 2 fully saturated rings. The number of nitrogens with zero attached hydrogens (tertiary/aromatic N) is 4. The molecule has 0 saturated heterocycles. The van der Waals surface area contributed by atoms with Crippen LogP contribution in [0, 0.1) is 22.7 Å². The topological polar surface area (TPSA) is 58.3 Å². The summed E-state index contributed by atoms with van der Waals surface area (Å²) in [4.78, 5) is 13.0. The Balaban J connectivity index is 1.42. The van der Waals surface area contributed by atoms with E-state index in [1.807, 2.05) is 0 Å².